The molecule has 0 radical (unpaired) electrons. The van der Waals surface area contributed by atoms with Gasteiger partial charge >= 0.3 is 0 Å². The fraction of sp³-hybridized carbons (Fsp3) is 0.429. The largest absolute Gasteiger partial charge is 0.366 e. The van der Waals surface area contributed by atoms with Crippen LogP contribution in [0.5, 0.6) is 0 Å². The van der Waals surface area contributed by atoms with Gasteiger partial charge < -0.3 is 5.73 Å². The fourth-order valence-electron chi connectivity index (χ4n) is 0.896. The summed E-state index contributed by atoms with van der Waals surface area (Å²) in [5.41, 5.74) is 5.67. The molecular formula is C7H10N2O. The minimum absolute atomic E-state index is 0.340. The molecule has 0 spiro atoms. The lowest BCUT2D eigenvalue weighted by atomic mass is 10.0. The van der Waals surface area contributed by atoms with E-state index in [0.717, 1.165) is 6.42 Å². The second kappa shape index (κ2) is 2.64. The quantitative estimate of drug-likeness (QED) is 0.562. The summed E-state index contributed by atoms with van der Waals surface area (Å²) in [7, 11) is 0. The van der Waals surface area contributed by atoms with Crippen molar-refractivity contribution in [2.45, 2.75) is 13.3 Å². The Labute approximate surface area is 59.6 Å². The van der Waals surface area contributed by atoms with Crippen LogP contribution in [-0.2, 0) is 4.79 Å². The first-order chi connectivity index (χ1) is 4.70. The summed E-state index contributed by atoms with van der Waals surface area (Å²) in [5, 5.41) is 0. The van der Waals surface area contributed by atoms with Gasteiger partial charge in [-0.05, 0) is 12.3 Å². The first-order valence-corrected chi connectivity index (χ1v) is 3.22. The molecule has 10 heavy (non-hydrogen) atoms. The van der Waals surface area contributed by atoms with Crippen molar-refractivity contribution < 1.29 is 4.79 Å². The number of nitrogens with zero attached hydrogens (tertiary/aromatic N) is 1. The SMILES string of the molecule is CC1C=NC=C(C(N)=O)C1. The molecule has 0 aromatic carbocycles. The van der Waals surface area contributed by atoms with Gasteiger partial charge in [-0.3, -0.25) is 9.79 Å². The minimum atomic E-state index is -0.358. The molecule has 0 saturated heterocycles. The number of hydrogen-bond donors (Lipinski definition) is 1. The van der Waals surface area contributed by atoms with Crippen molar-refractivity contribution in [2.75, 3.05) is 0 Å². The number of carbonyl (C=O) groups is 1. The van der Waals surface area contributed by atoms with E-state index in [1.807, 2.05) is 13.1 Å². The van der Waals surface area contributed by atoms with Gasteiger partial charge in [-0.15, -0.1) is 0 Å². The fourth-order valence-corrected chi connectivity index (χ4v) is 0.896. The highest BCUT2D eigenvalue weighted by atomic mass is 16.1. The van der Waals surface area contributed by atoms with Gasteiger partial charge in [-0.1, -0.05) is 6.92 Å². The van der Waals surface area contributed by atoms with Gasteiger partial charge in [0.15, 0.2) is 0 Å². The standard InChI is InChI=1S/C7H10N2O/c1-5-2-6(7(8)10)4-9-3-5/h3-5H,2H2,1H3,(H2,8,10). The van der Waals surface area contributed by atoms with Crippen LogP contribution in [0.15, 0.2) is 16.8 Å². The van der Waals surface area contributed by atoms with Crippen LogP contribution >= 0.6 is 0 Å². The zero-order valence-corrected chi connectivity index (χ0v) is 5.87. The summed E-state index contributed by atoms with van der Waals surface area (Å²) in [6.45, 7) is 2.00. The third-order valence-electron chi connectivity index (χ3n) is 1.43. The predicted molar refractivity (Wildman–Crippen MR) is 39.6 cm³/mol. The Morgan fingerprint density at radius 1 is 1.90 bits per heavy atom. The van der Waals surface area contributed by atoms with Gasteiger partial charge in [-0.25, -0.2) is 0 Å². The van der Waals surface area contributed by atoms with Crippen molar-refractivity contribution in [3.8, 4) is 0 Å². The van der Waals surface area contributed by atoms with E-state index in [1.165, 1.54) is 6.20 Å². The molecule has 0 fully saturated rings. The third-order valence-corrected chi connectivity index (χ3v) is 1.43. The number of nitrogens with two attached hydrogens (primary N) is 1. The van der Waals surface area contributed by atoms with Crippen LogP contribution < -0.4 is 5.73 Å². The summed E-state index contributed by atoms with van der Waals surface area (Å²) >= 11 is 0. The average Bonchev–Trinajstić information content (AvgIpc) is 1.88. The molecule has 54 valence electrons. The topological polar surface area (TPSA) is 55.4 Å². The molecule has 3 nitrogen and oxygen atoms in total. The predicted octanol–water partition coefficient (Wildman–Crippen LogP) is 0.466. The maximum Gasteiger partial charge on any atom is 0.246 e. The molecule has 0 saturated carbocycles. The first-order valence-electron chi connectivity index (χ1n) is 3.22. The molecule has 1 rings (SSSR count). The zero-order chi connectivity index (χ0) is 7.56. The maximum atomic E-state index is 10.6. The summed E-state index contributed by atoms with van der Waals surface area (Å²) in [6, 6.07) is 0. The highest BCUT2D eigenvalue weighted by Crippen LogP contribution is 2.13. The lowest BCUT2D eigenvalue weighted by Gasteiger charge is -2.09. The molecule has 0 aromatic heterocycles. The van der Waals surface area contributed by atoms with Gasteiger partial charge in [-0.2, -0.15) is 0 Å². The van der Waals surface area contributed by atoms with Crippen molar-refractivity contribution in [2.24, 2.45) is 16.6 Å². The van der Waals surface area contributed by atoms with Crippen LogP contribution in [0.1, 0.15) is 13.3 Å². The molecule has 0 bridgehead atoms. The molecule has 1 amide bonds. The smallest absolute Gasteiger partial charge is 0.246 e. The maximum absolute atomic E-state index is 10.6. The van der Waals surface area contributed by atoms with Crippen molar-refractivity contribution in [3.05, 3.63) is 11.8 Å². The Bertz CT molecular complexity index is 206. The van der Waals surface area contributed by atoms with Gasteiger partial charge in [0.2, 0.25) is 5.91 Å². The van der Waals surface area contributed by atoms with Crippen molar-refractivity contribution in [3.63, 3.8) is 0 Å². The number of aliphatic imine (C=N–C) groups is 1. The van der Waals surface area contributed by atoms with Crippen LogP contribution in [0, 0.1) is 5.92 Å². The van der Waals surface area contributed by atoms with E-state index >= 15 is 0 Å². The molecule has 0 aromatic rings. The van der Waals surface area contributed by atoms with Gasteiger partial charge in [0.1, 0.15) is 0 Å². The van der Waals surface area contributed by atoms with E-state index in [-0.39, 0.29) is 5.91 Å². The molecule has 1 aliphatic heterocycles. The molecule has 1 unspecified atom stereocenters. The van der Waals surface area contributed by atoms with Crippen LogP contribution in [0.3, 0.4) is 0 Å². The van der Waals surface area contributed by atoms with E-state index < -0.39 is 0 Å². The zero-order valence-electron chi connectivity index (χ0n) is 5.87. The van der Waals surface area contributed by atoms with E-state index in [0.29, 0.717) is 11.5 Å². The summed E-state index contributed by atoms with van der Waals surface area (Å²) in [4.78, 5) is 14.5. The summed E-state index contributed by atoms with van der Waals surface area (Å²) in [5.74, 6) is -0.0174. The summed E-state index contributed by atoms with van der Waals surface area (Å²) < 4.78 is 0. The van der Waals surface area contributed by atoms with Gasteiger partial charge in [0.05, 0.1) is 0 Å². The molecule has 0 aliphatic carbocycles. The molecule has 1 heterocycles. The molecule has 1 aliphatic rings. The average molecular weight is 138 g/mol. The third kappa shape index (κ3) is 1.43. The van der Waals surface area contributed by atoms with Crippen molar-refractivity contribution in [1.29, 1.82) is 0 Å². The monoisotopic (exact) mass is 138 g/mol. The van der Waals surface area contributed by atoms with E-state index in [9.17, 15) is 4.79 Å². The lowest BCUT2D eigenvalue weighted by molar-refractivity contribution is -0.114. The Balaban J connectivity index is 2.71. The Hall–Kier alpha value is -1.12. The summed E-state index contributed by atoms with van der Waals surface area (Å²) in [6.07, 6.45) is 4.06. The van der Waals surface area contributed by atoms with Gasteiger partial charge in [0.25, 0.3) is 0 Å². The normalized spacial score (nSPS) is 24.1. The Morgan fingerprint density at radius 2 is 2.60 bits per heavy atom. The van der Waals surface area contributed by atoms with Crippen molar-refractivity contribution in [1.82, 2.24) is 0 Å². The van der Waals surface area contributed by atoms with Crippen LogP contribution in [-0.4, -0.2) is 12.1 Å². The molecular weight excluding hydrogens is 128 g/mol. The number of hydrogen-bond acceptors (Lipinski definition) is 2. The highest BCUT2D eigenvalue weighted by Gasteiger charge is 2.11. The van der Waals surface area contributed by atoms with Gasteiger partial charge in [0, 0.05) is 18.0 Å². The number of primary amides is 1. The lowest BCUT2D eigenvalue weighted by Crippen LogP contribution is -2.17. The second-order valence-corrected chi connectivity index (χ2v) is 2.50. The molecule has 3 heteroatoms. The first kappa shape index (κ1) is 6.99. The Morgan fingerprint density at radius 3 is 3.00 bits per heavy atom. The second-order valence-electron chi connectivity index (χ2n) is 2.50. The van der Waals surface area contributed by atoms with E-state index in [1.54, 1.807) is 0 Å². The highest BCUT2D eigenvalue weighted by molar-refractivity contribution is 5.93. The number of carbonyl (C=O) groups excluding carboxylic acids is 1. The van der Waals surface area contributed by atoms with E-state index in [2.05, 4.69) is 4.99 Å². The number of rotatable bonds is 1. The number of amides is 1. The van der Waals surface area contributed by atoms with Crippen LogP contribution in [0.4, 0.5) is 0 Å². The Kier molecular flexibility index (Phi) is 1.85. The van der Waals surface area contributed by atoms with Crippen LogP contribution in [0.25, 0.3) is 0 Å². The van der Waals surface area contributed by atoms with Crippen LogP contribution in [0.2, 0.25) is 0 Å². The molecule has 1 atom stereocenters. The van der Waals surface area contributed by atoms with Crippen molar-refractivity contribution >= 4 is 12.1 Å². The minimum Gasteiger partial charge on any atom is -0.366 e. The molecule has 2 N–H and O–H groups in total. The van der Waals surface area contributed by atoms with E-state index in [4.69, 9.17) is 5.73 Å².